The first-order chi connectivity index (χ1) is 7.46. The van der Waals surface area contributed by atoms with Crippen molar-refractivity contribution in [1.29, 1.82) is 0 Å². The standard InChI is InChI=1S/C11H16N2O2S/c1-11(2,3)15-10(14)13-5-4-8-9(6-13)16-7-12-8/h6H,4-5,7H2,1-3H3. The van der Waals surface area contributed by atoms with E-state index in [4.69, 9.17) is 4.74 Å². The number of hydrogen-bond acceptors (Lipinski definition) is 4. The van der Waals surface area contributed by atoms with Crippen LogP contribution in [0.15, 0.2) is 16.1 Å². The van der Waals surface area contributed by atoms with E-state index in [1.165, 1.54) is 0 Å². The fourth-order valence-corrected chi connectivity index (χ4v) is 2.45. The lowest BCUT2D eigenvalue weighted by atomic mass is 10.2. The molecule has 0 bridgehead atoms. The number of ether oxygens (including phenoxy) is 1. The van der Waals surface area contributed by atoms with Crippen LogP contribution in [-0.2, 0) is 4.74 Å². The van der Waals surface area contributed by atoms with Gasteiger partial charge < -0.3 is 4.74 Å². The Hall–Kier alpha value is -0.970. The fourth-order valence-electron chi connectivity index (χ4n) is 1.55. The number of carbonyl (C=O) groups is 1. The summed E-state index contributed by atoms with van der Waals surface area (Å²) in [6.45, 7) is 6.29. The highest BCUT2D eigenvalue weighted by atomic mass is 32.2. The van der Waals surface area contributed by atoms with Crippen LogP contribution in [0.1, 0.15) is 27.2 Å². The number of carbonyl (C=O) groups excluding carboxylic acids is 1. The van der Waals surface area contributed by atoms with Crippen LogP contribution in [0.5, 0.6) is 0 Å². The van der Waals surface area contributed by atoms with E-state index in [0.29, 0.717) is 6.54 Å². The van der Waals surface area contributed by atoms with Crippen LogP contribution in [0.4, 0.5) is 4.79 Å². The van der Waals surface area contributed by atoms with Gasteiger partial charge in [-0.15, -0.1) is 0 Å². The molecule has 1 amide bonds. The Labute approximate surface area is 99.7 Å². The normalized spacial score (nSPS) is 20.1. The topological polar surface area (TPSA) is 41.9 Å². The number of thioether (sulfide) groups is 1. The van der Waals surface area contributed by atoms with Crippen molar-refractivity contribution < 1.29 is 9.53 Å². The Morgan fingerprint density at radius 3 is 3.00 bits per heavy atom. The van der Waals surface area contributed by atoms with Crippen LogP contribution in [0.2, 0.25) is 0 Å². The molecule has 2 aliphatic rings. The van der Waals surface area contributed by atoms with E-state index < -0.39 is 5.60 Å². The molecule has 0 unspecified atom stereocenters. The van der Waals surface area contributed by atoms with Gasteiger partial charge in [0.05, 0.1) is 11.6 Å². The molecule has 0 aliphatic carbocycles. The monoisotopic (exact) mass is 240 g/mol. The first-order valence-corrected chi connectivity index (χ1v) is 6.32. The van der Waals surface area contributed by atoms with Crippen molar-refractivity contribution in [3.05, 3.63) is 11.1 Å². The minimum atomic E-state index is -0.438. The highest BCUT2D eigenvalue weighted by Crippen LogP contribution is 2.30. The number of fused-ring (bicyclic) bond motifs is 1. The summed E-state index contributed by atoms with van der Waals surface area (Å²) >= 11 is 1.67. The molecule has 0 aromatic rings. The molecule has 2 aliphatic heterocycles. The van der Waals surface area contributed by atoms with Crippen LogP contribution < -0.4 is 0 Å². The molecule has 0 saturated heterocycles. The maximum atomic E-state index is 11.8. The molecule has 5 heteroatoms. The van der Waals surface area contributed by atoms with Gasteiger partial charge >= 0.3 is 6.09 Å². The van der Waals surface area contributed by atoms with Crippen molar-refractivity contribution in [2.24, 2.45) is 4.99 Å². The van der Waals surface area contributed by atoms with E-state index in [1.54, 1.807) is 16.7 Å². The third-order valence-electron chi connectivity index (χ3n) is 2.25. The molecular weight excluding hydrogens is 224 g/mol. The second kappa shape index (κ2) is 4.13. The lowest BCUT2D eigenvalue weighted by molar-refractivity contribution is 0.0336. The number of amides is 1. The van der Waals surface area contributed by atoms with E-state index in [1.807, 2.05) is 27.0 Å². The highest BCUT2D eigenvalue weighted by molar-refractivity contribution is 8.04. The maximum Gasteiger partial charge on any atom is 0.414 e. The van der Waals surface area contributed by atoms with Crippen molar-refractivity contribution in [3.8, 4) is 0 Å². The number of aliphatic imine (C=N–C) groups is 1. The number of hydrogen-bond donors (Lipinski definition) is 0. The molecule has 0 radical (unpaired) electrons. The van der Waals surface area contributed by atoms with Gasteiger partial charge in [0.15, 0.2) is 0 Å². The first-order valence-electron chi connectivity index (χ1n) is 5.34. The van der Waals surface area contributed by atoms with Gasteiger partial charge in [0, 0.05) is 24.1 Å². The maximum absolute atomic E-state index is 11.8. The Balaban J connectivity index is 2.04. The predicted molar refractivity (Wildman–Crippen MR) is 65.5 cm³/mol. The van der Waals surface area contributed by atoms with Crippen molar-refractivity contribution in [2.75, 3.05) is 12.4 Å². The van der Waals surface area contributed by atoms with Gasteiger partial charge in [-0.05, 0) is 20.8 Å². The molecular formula is C11H16N2O2S. The largest absolute Gasteiger partial charge is 0.443 e. The molecule has 0 fully saturated rings. The quantitative estimate of drug-likeness (QED) is 0.653. The number of nitrogens with zero attached hydrogens (tertiary/aromatic N) is 2. The fraction of sp³-hybridized carbons (Fsp3) is 0.636. The van der Waals surface area contributed by atoms with Gasteiger partial charge in [-0.3, -0.25) is 9.89 Å². The molecule has 2 heterocycles. The average Bonchev–Trinajstić information content (AvgIpc) is 2.61. The van der Waals surface area contributed by atoms with Crippen LogP contribution in [0.25, 0.3) is 0 Å². The van der Waals surface area contributed by atoms with Gasteiger partial charge in [0.2, 0.25) is 0 Å². The Morgan fingerprint density at radius 1 is 1.56 bits per heavy atom. The summed E-state index contributed by atoms with van der Waals surface area (Å²) < 4.78 is 5.32. The minimum absolute atomic E-state index is 0.272. The van der Waals surface area contributed by atoms with Crippen molar-refractivity contribution in [2.45, 2.75) is 32.8 Å². The van der Waals surface area contributed by atoms with E-state index in [-0.39, 0.29) is 6.09 Å². The molecule has 0 spiro atoms. The molecule has 0 saturated carbocycles. The molecule has 0 aromatic carbocycles. The zero-order chi connectivity index (χ0) is 11.8. The zero-order valence-corrected chi connectivity index (χ0v) is 10.6. The SMILES string of the molecule is CC(C)(C)OC(=O)N1C=C2SCN=C2CC1. The van der Waals surface area contributed by atoms with Crippen LogP contribution in [-0.4, -0.2) is 34.7 Å². The molecule has 2 rings (SSSR count). The number of rotatable bonds is 0. The van der Waals surface area contributed by atoms with Gasteiger partial charge in [0.25, 0.3) is 0 Å². The third-order valence-corrected chi connectivity index (χ3v) is 3.16. The smallest absolute Gasteiger partial charge is 0.414 e. The molecule has 0 aromatic heterocycles. The molecule has 0 atom stereocenters. The summed E-state index contributed by atoms with van der Waals surface area (Å²) in [6, 6.07) is 0. The van der Waals surface area contributed by atoms with Gasteiger partial charge in [-0.25, -0.2) is 4.79 Å². The van der Waals surface area contributed by atoms with Gasteiger partial charge in [0.1, 0.15) is 5.60 Å². The van der Waals surface area contributed by atoms with Crippen LogP contribution >= 0.6 is 11.8 Å². The summed E-state index contributed by atoms with van der Waals surface area (Å²) in [5.41, 5.74) is 0.692. The zero-order valence-electron chi connectivity index (χ0n) is 9.82. The molecule has 88 valence electrons. The summed E-state index contributed by atoms with van der Waals surface area (Å²) in [7, 11) is 0. The van der Waals surface area contributed by atoms with E-state index >= 15 is 0 Å². The summed E-state index contributed by atoms with van der Waals surface area (Å²) in [4.78, 5) is 18.9. The molecule has 4 nitrogen and oxygen atoms in total. The first kappa shape index (κ1) is 11.5. The van der Waals surface area contributed by atoms with Crippen molar-refractivity contribution in [1.82, 2.24) is 4.90 Å². The van der Waals surface area contributed by atoms with E-state index in [9.17, 15) is 4.79 Å². The third kappa shape index (κ3) is 2.58. The second-order valence-electron chi connectivity index (χ2n) is 4.80. The molecule has 16 heavy (non-hydrogen) atoms. The summed E-state index contributed by atoms with van der Waals surface area (Å²) in [5.74, 6) is 0.781. The summed E-state index contributed by atoms with van der Waals surface area (Å²) in [5, 5.41) is 0. The predicted octanol–water partition coefficient (Wildman–Crippen LogP) is 2.61. The lowest BCUT2D eigenvalue weighted by Gasteiger charge is -2.27. The number of allylic oxidation sites excluding steroid dienone is 1. The Kier molecular flexibility index (Phi) is 2.97. The van der Waals surface area contributed by atoms with E-state index in [2.05, 4.69) is 4.99 Å². The van der Waals surface area contributed by atoms with Crippen molar-refractivity contribution >= 4 is 23.6 Å². The van der Waals surface area contributed by atoms with Crippen LogP contribution in [0, 0.1) is 0 Å². The van der Waals surface area contributed by atoms with E-state index in [0.717, 1.165) is 22.9 Å². The lowest BCUT2D eigenvalue weighted by Crippen LogP contribution is -2.36. The molecule has 0 N–H and O–H groups in total. The summed E-state index contributed by atoms with van der Waals surface area (Å²) in [6.07, 6.45) is 2.41. The average molecular weight is 240 g/mol. The second-order valence-corrected chi connectivity index (χ2v) is 5.78. The highest BCUT2D eigenvalue weighted by Gasteiger charge is 2.27. The Bertz CT molecular complexity index is 369. The Morgan fingerprint density at radius 2 is 2.31 bits per heavy atom. The minimum Gasteiger partial charge on any atom is -0.443 e. The van der Waals surface area contributed by atoms with Gasteiger partial charge in [-0.2, -0.15) is 0 Å². The van der Waals surface area contributed by atoms with Crippen molar-refractivity contribution in [3.63, 3.8) is 0 Å². The van der Waals surface area contributed by atoms with Crippen LogP contribution in [0.3, 0.4) is 0 Å². The van der Waals surface area contributed by atoms with Gasteiger partial charge in [-0.1, -0.05) is 11.8 Å².